The highest BCUT2D eigenvalue weighted by molar-refractivity contribution is 7.98. The van der Waals surface area contributed by atoms with Crippen LogP contribution in [-0.4, -0.2) is 27.8 Å². The number of thioether (sulfide) groups is 1. The van der Waals surface area contributed by atoms with Gasteiger partial charge in [0.2, 0.25) is 17.0 Å². The highest BCUT2D eigenvalue weighted by atomic mass is 35.5. The number of hydrogen-bond donors (Lipinski definition) is 2. The number of nitrogens with zero attached hydrogens (tertiary/aromatic N) is 3. The number of nitrogens with two attached hydrogens (primary N) is 1. The van der Waals surface area contributed by atoms with E-state index in [-0.39, 0.29) is 0 Å². The monoisotopic (exact) mass is 441 g/mol. The van der Waals surface area contributed by atoms with Crippen molar-refractivity contribution in [1.29, 1.82) is 0 Å². The Morgan fingerprint density at radius 3 is 2.83 bits per heavy atom. The van der Waals surface area contributed by atoms with Crippen molar-refractivity contribution in [1.82, 2.24) is 14.8 Å². The van der Waals surface area contributed by atoms with Crippen molar-refractivity contribution in [3.8, 4) is 5.75 Å². The minimum atomic E-state index is -0.515. The summed E-state index contributed by atoms with van der Waals surface area (Å²) >= 11 is 7.72. The number of anilines is 1. The van der Waals surface area contributed by atoms with Gasteiger partial charge in [0.1, 0.15) is 11.8 Å². The molecule has 1 aromatic heterocycles. The number of fused-ring (bicyclic) bond motifs is 1. The third-order valence-corrected chi connectivity index (χ3v) is 6.08. The predicted molar refractivity (Wildman–Crippen MR) is 118 cm³/mol. The van der Waals surface area contributed by atoms with Gasteiger partial charge in [0, 0.05) is 16.5 Å². The summed E-state index contributed by atoms with van der Waals surface area (Å²) in [7, 11) is 1.60. The average Bonchev–Trinajstić information content (AvgIpc) is 3.14. The van der Waals surface area contributed by atoms with Crippen LogP contribution in [0.1, 0.15) is 24.1 Å². The number of carbonyl (C=O) groups excluding carboxylic acids is 1. The summed E-state index contributed by atoms with van der Waals surface area (Å²) in [6, 6.07) is 14.7. The number of benzene rings is 2. The summed E-state index contributed by atoms with van der Waals surface area (Å²) < 4.78 is 7.04. The van der Waals surface area contributed by atoms with Gasteiger partial charge >= 0.3 is 0 Å². The van der Waals surface area contributed by atoms with Crippen molar-refractivity contribution in [2.75, 3.05) is 12.4 Å². The molecule has 0 spiro atoms. The number of primary amides is 1. The van der Waals surface area contributed by atoms with Gasteiger partial charge in [-0.05, 0) is 36.2 Å². The molecule has 3 aromatic rings. The van der Waals surface area contributed by atoms with E-state index in [1.807, 2.05) is 55.5 Å². The molecule has 1 atom stereocenters. The normalized spacial score (nSPS) is 15.5. The number of aromatic nitrogens is 3. The first kappa shape index (κ1) is 20.3. The number of rotatable bonds is 6. The highest BCUT2D eigenvalue weighted by Crippen LogP contribution is 2.37. The number of methoxy groups -OCH3 is 1. The zero-order valence-electron chi connectivity index (χ0n) is 16.4. The largest absolute Gasteiger partial charge is 0.497 e. The van der Waals surface area contributed by atoms with E-state index in [1.165, 1.54) is 11.8 Å². The van der Waals surface area contributed by atoms with Gasteiger partial charge in [0.05, 0.1) is 12.7 Å². The number of amides is 1. The average molecular weight is 442 g/mol. The van der Waals surface area contributed by atoms with Crippen molar-refractivity contribution in [3.63, 3.8) is 0 Å². The van der Waals surface area contributed by atoms with E-state index in [9.17, 15) is 4.79 Å². The van der Waals surface area contributed by atoms with E-state index >= 15 is 0 Å². The predicted octanol–water partition coefficient (Wildman–Crippen LogP) is 4.01. The Balaban J connectivity index is 1.71. The Morgan fingerprint density at radius 2 is 2.10 bits per heavy atom. The van der Waals surface area contributed by atoms with Crippen LogP contribution in [0.25, 0.3) is 0 Å². The van der Waals surface area contributed by atoms with Gasteiger partial charge in [-0.2, -0.15) is 4.98 Å². The molecule has 1 aliphatic rings. The molecule has 4 rings (SSSR count). The van der Waals surface area contributed by atoms with Crippen LogP contribution in [0.3, 0.4) is 0 Å². The lowest BCUT2D eigenvalue weighted by molar-refractivity contribution is -0.115. The number of ether oxygens (including phenoxy) is 1. The summed E-state index contributed by atoms with van der Waals surface area (Å²) in [5.74, 6) is 1.34. The molecule has 1 amide bonds. The van der Waals surface area contributed by atoms with Crippen molar-refractivity contribution in [2.24, 2.45) is 5.73 Å². The maximum atomic E-state index is 12.3. The topological polar surface area (TPSA) is 95.1 Å². The Morgan fingerprint density at radius 1 is 1.30 bits per heavy atom. The first-order chi connectivity index (χ1) is 14.5. The minimum absolute atomic E-state index is 0.434. The summed E-state index contributed by atoms with van der Waals surface area (Å²) in [6.07, 6.45) is 0. The lowest BCUT2D eigenvalue weighted by atomic mass is 9.95. The molecular weight excluding hydrogens is 422 g/mol. The number of carbonyl (C=O) groups is 1. The molecule has 1 aliphatic heterocycles. The fourth-order valence-corrected chi connectivity index (χ4v) is 4.50. The fourth-order valence-electron chi connectivity index (χ4n) is 3.39. The molecule has 2 aromatic carbocycles. The molecule has 0 aliphatic carbocycles. The maximum Gasteiger partial charge on any atom is 0.248 e. The van der Waals surface area contributed by atoms with Crippen LogP contribution < -0.4 is 15.8 Å². The SMILES string of the molecule is COc1cccc([C@H]2C(C(N)=O)=C(C)Nc3nc(SCc4ccccc4Cl)nn32)c1. The maximum absolute atomic E-state index is 12.3. The van der Waals surface area contributed by atoms with Crippen molar-refractivity contribution in [2.45, 2.75) is 23.9 Å². The van der Waals surface area contributed by atoms with Gasteiger partial charge in [-0.3, -0.25) is 4.79 Å². The van der Waals surface area contributed by atoms with Crippen LogP contribution in [0, 0.1) is 0 Å². The smallest absolute Gasteiger partial charge is 0.248 e. The lowest BCUT2D eigenvalue weighted by Gasteiger charge is -2.27. The van der Waals surface area contributed by atoms with Crippen LogP contribution in [-0.2, 0) is 10.5 Å². The summed E-state index contributed by atoms with van der Waals surface area (Å²) in [5.41, 5.74) is 8.64. The van der Waals surface area contributed by atoms with Gasteiger partial charge < -0.3 is 15.8 Å². The molecule has 0 unspecified atom stereocenters. The Hall–Kier alpha value is -2.97. The van der Waals surface area contributed by atoms with Gasteiger partial charge in [-0.1, -0.05) is 53.7 Å². The van der Waals surface area contributed by atoms with Gasteiger partial charge in [-0.25, -0.2) is 4.68 Å². The zero-order chi connectivity index (χ0) is 21.3. The molecule has 2 heterocycles. The second kappa shape index (κ2) is 8.41. The van der Waals surface area contributed by atoms with Crippen LogP contribution >= 0.6 is 23.4 Å². The summed E-state index contributed by atoms with van der Waals surface area (Å²) in [5, 5.41) is 9.08. The molecule has 7 nitrogen and oxygen atoms in total. The van der Waals surface area contributed by atoms with Crippen LogP contribution in [0.4, 0.5) is 5.95 Å². The number of allylic oxidation sites excluding steroid dienone is 1. The van der Waals surface area contributed by atoms with Crippen LogP contribution in [0.15, 0.2) is 65.0 Å². The summed E-state index contributed by atoms with van der Waals surface area (Å²) in [4.78, 5) is 16.9. The summed E-state index contributed by atoms with van der Waals surface area (Å²) in [6.45, 7) is 1.81. The van der Waals surface area contributed by atoms with E-state index < -0.39 is 11.9 Å². The Labute approximate surface area is 183 Å². The highest BCUT2D eigenvalue weighted by Gasteiger charge is 2.33. The van der Waals surface area contributed by atoms with E-state index in [0.717, 1.165) is 11.1 Å². The fraction of sp³-hybridized carbons (Fsp3) is 0.190. The molecule has 0 bridgehead atoms. The van der Waals surface area contributed by atoms with Crippen molar-refractivity contribution >= 4 is 35.2 Å². The third-order valence-electron chi connectivity index (χ3n) is 4.82. The van der Waals surface area contributed by atoms with E-state index in [4.69, 9.17) is 22.1 Å². The lowest BCUT2D eigenvalue weighted by Crippen LogP contribution is -2.31. The first-order valence-electron chi connectivity index (χ1n) is 9.22. The molecule has 9 heteroatoms. The van der Waals surface area contributed by atoms with Crippen molar-refractivity contribution in [3.05, 3.63) is 76.0 Å². The first-order valence-corrected chi connectivity index (χ1v) is 10.6. The van der Waals surface area contributed by atoms with Crippen LogP contribution in [0.2, 0.25) is 5.02 Å². The number of nitrogens with one attached hydrogen (secondary N) is 1. The molecule has 30 heavy (non-hydrogen) atoms. The zero-order valence-corrected chi connectivity index (χ0v) is 18.0. The molecule has 0 radical (unpaired) electrons. The van der Waals surface area contributed by atoms with E-state index in [2.05, 4.69) is 15.4 Å². The Kier molecular flexibility index (Phi) is 5.69. The second-order valence-corrected chi connectivity index (χ2v) is 8.10. The Bertz CT molecular complexity index is 1140. The molecule has 0 saturated heterocycles. The van der Waals surface area contributed by atoms with Crippen molar-refractivity contribution < 1.29 is 9.53 Å². The molecule has 154 valence electrons. The quantitative estimate of drug-likeness (QED) is 0.561. The number of hydrogen-bond acceptors (Lipinski definition) is 6. The molecular formula is C21H20ClN5O2S. The molecule has 0 saturated carbocycles. The minimum Gasteiger partial charge on any atom is -0.497 e. The van der Waals surface area contributed by atoms with E-state index in [0.29, 0.717) is 38.9 Å². The number of halogens is 1. The molecule has 0 fully saturated rings. The van der Waals surface area contributed by atoms with Gasteiger partial charge in [0.25, 0.3) is 0 Å². The second-order valence-electron chi connectivity index (χ2n) is 6.75. The van der Waals surface area contributed by atoms with Gasteiger partial charge in [-0.15, -0.1) is 5.10 Å². The standard InChI is InChI=1S/C21H20ClN5O2S/c1-12-17(19(23)28)18(13-7-5-8-15(10-13)29-2)27-20(24-12)25-21(26-27)30-11-14-6-3-4-9-16(14)22/h3-10,18H,11H2,1-2H3,(H2,23,28)(H,24,25,26)/t18-/m0/s1. The molecule has 3 N–H and O–H groups in total. The van der Waals surface area contributed by atoms with Gasteiger partial charge in [0.15, 0.2) is 0 Å². The third kappa shape index (κ3) is 3.88. The van der Waals surface area contributed by atoms with Crippen LogP contribution in [0.5, 0.6) is 5.75 Å². The van der Waals surface area contributed by atoms with E-state index in [1.54, 1.807) is 11.8 Å².